The van der Waals surface area contributed by atoms with Crippen molar-refractivity contribution in [2.45, 2.75) is 25.9 Å². The summed E-state index contributed by atoms with van der Waals surface area (Å²) in [7, 11) is 0. The predicted octanol–water partition coefficient (Wildman–Crippen LogP) is 4.36. The Balaban J connectivity index is 2.64. The highest BCUT2D eigenvalue weighted by atomic mass is 79.9. The quantitative estimate of drug-likeness (QED) is 0.736. The Hall–Kier alpha value is -0.590. The molecule has 0 bridgehead atoms. The molecule has 1 atom stereocenters. The second kappa shape index (κ2) is 8.76. The molecule has 0 aromatic heterocycles. The summed E-state index contributed by atoms with van der Waals surface area (Å²) < 4.78 is 42.3. The van der Waals surface area contributed by atoms with Crippen LogP contribution in [0.5, 0.6) is 0 Å². The standard InChI is InChI=1S/C15H21BrF3NO/c1-11(2)7-20-8-12(9-21-10-15(17,18)19)13-5-3-4-6-14(13)16/h3-6,11-12,20H,7-10H2,1-2H3. The Kier molecular flexibility index (Phi) is 7.70. The molecule has 6 heteroatoms. The van der Waals surface area contributed by atoms with Gasteiger partial charge in [0.05, 0.1) is 6.61 Å². The lowest BCUT2D eigenvalue weighted by Crippen LogP contribution is -2.29. The fourth-order valence-corrected chi connectivity index (χ4v) is 2.54. The minimum absolute atomic E-state index is 0.0349. The number of rotatable bonds is 8. The molecule has 120 valence electrons. The number of nitrogens with one attached hydrogen (secondary N) is 1. The van der Waals surface area contributed by atoms with Crippen LogP contribution in [-0.4, -0.2) is 32.5 Å². The van der Waals surface area contributed by atoms with Gasteiger partial charge in [0.2, 0.25) is 0 Å². The molecule has 2 nitrogen and oxygen atoms in total. The van der Waals surface area contributed by atoms with Crippen LogP contribution >= 0.6 is 15.9 Å². The predicted molar refractivity (Wildman–Crippen MR) is 81.5 cm³/mol. The van der Waals surface area contributed by atoms with E-state index in [1.807, 2.05) is 24.3 Å². The van der Waals surface area contributed by atoms with E-state index in [0.717, 1.165) is 16.6 Å². The summed E-state index contributed by atoms with van der Waals surface area (Å²) in [4.78, 5) is 0. The average molecular weight is 368 g/mol. The van der Waals surface area contributed by atoms with Gasteiger partial charge in [-0.15, -0.1) is 0 Å². The second-order valence-electron chi connectivity index (χ2n) is 5.40. The molecule has 0 saturated carbocycles. The molecule has 0 radical (unpaired) electrons. The molecule has 1 N–H and O–H groups in total. The van der Waals surface area contributed by atoms with E-state index in [1.54, 1.807) is 0 Å². The first kappa shape index (κ1) is 18.5. The fourth-order valence-electron chi connectivity index (χ4n) is 1.93. The van der Waals surface area contributed by atoms with Gasteiger partial charge in [-0.3, -0.25) is 0 Å². The Bertz CT molecular complexity index is 424. The molecule has 0 aliphatic carbocycles. The summed E-state index contributed by atoms with van der Waals surface area (Å²) in [6, 6.07) is 7.54. The highest BCUT2D eigenvalue weighted by Gasteiger charge is 2.28. The minimum Gasteiger partial charge on any atom is -0.371 e. The van der Waals surface area contributed by atoms with E-state index < -0.39 is 12.8 Å². The average Bonchev–Trinajstić information content (AvgIpc) is 2.36. The van der Waals surface area contributed by atoms with Gasteiger partial charge < -0.3 is 10.1 Å². The van der Waals surface area contributed by atoms with Crippen molar-refractivity contribution in [3.8, 4) is 0 Å². The Morgan fingerprint density at radius 1 is 1.19 bits per heavy atom. The Morgan fingerprint density at radius 2 is 1.86 bits per heavy atom. The van der Waals surface area contributed by atoms with Gasteiger partial charge in [0.15, 0.2) is 0 Å². The number of halogens is 4. The van der Waals surface area contributed by atoms with Crippen LogP contribution in [0.25, 0.3) is 0 Å². The van der Waals surface area contributed by atoms with Crippen LogP contribution in [-0.2, 0) is 4.74 Å². The van der Waals surface area contributed by atoms with Crippen LogP contribution in [0, 0.1) is 5.92 Å². The van der Waals surface area contributed by atoms with E-state index in [2.05, 4.69) is 35.1 Å². The SMILES string of the molecule is CC(C)CNCC(COCC(F)(F)F)c1ccccc1Br. The van der Waals surface area contributed by atoms with Crippen molar-refractivity contribution in [3.63, 3.8) is 0 Å². The third kappa shape index (κ3) is 7.83. The third-order valence-corrected chi connectivity index (χ3v) is 3.60. The molecule has 1 unspecified atom stereocenters. The molecule has 0 amide bonds. The first-order chi connectivity index (χ1) is 9.79. The van der Waals surface area contributed by atoms with E-state index in [4.69, 9.17) is 4.74 Å². The molecule has 0 spiro atoms. The van der Waals surface area contributed by atoms with Crippen molar-refractivity contribution < 1.29 is 17.9 Å². The highest BCUT2D eigenvalue weighted by Crippen LogP contribution is 2.25. The van der Waals surface area contributed by atoms with Gasteiger partial charge >= 0.3 is 6.18 Å². The molecule has 1 rings (SSSR count). The lowest BCUT2D eigenvalue weighted by Gasteiger charge is -2.20. The minimum atomic E-state index is -4.29. The van der Waals surface area contributed by atoms with Crippen LogP contribution in [0.3, 0.4) is 0 Å². The third-order valence-electron chi connectivity index (χ3n) is 2.87. The lowest BCUT2D eigenvalue weighted by molar-refractivity contribution is -0.174. The fraction of sp³-hybridized carbons (Fsp3) is 0.600. The highest BCUT2D eigenvalue weighted by molar-refractivity contribution is 9.10. The lowest BCUT2D eigenvalue weighted by atomic mass is 10.00. The summed E-state index contributed by atoms with van der Waals surface area (Å²) in [6.45, 7) is 4.39. The van der Waals surface area contributed by atoms with Crippen LogP contribution in [0.15, 0.2) is 28.7 Å². The number of hydrogen-bond acceptors (Lipinski definition) is 2. The maximum Gasteiger partial charge on any atom is 0.411 e. The van der Waals surface area contributed by atoms with Crippen molar-refractivity contribution in [2.24, 2.45) is 5.92 Å². The normalized spacial score (nSPS) is 13.7. The van der Waals surface area contributed by atoms with E-state index in [-0.39, 0.29) is 12.5 Å². The van der Waals surface area contributed by atoms with E-state index in [1.165, 1.54) is 0 Å². The maximum absolute atomic E-state index is 12.2. The molecule has 0 aliphatic rings. The number of alkyl halides is 3. The van der Waals surface area contributed by atoms with Gasteiger partial charge in [-0.25, -0.2) is 0 Å². The first-order valence-corrected chi connectivity index (χ1v) is 7.68. The van der Waals surface area contributed by atoms with E-state index >= 15 is 0 Å². The van der Waals surface area contributed by atoms with Gasteiger partial charge in [-0.05, 0) is 24.1 Å². The van der Waals surface area contributed by atoms with Crippen molar-refractivity contribution in [3.05, 3.63) is 34.3 Å². The number of ether oxygens (including phenoxy) is 1. The zero-order valence-electron chi connectivity index (χ0n) is 12.2. The Morgan fingerprint density at radius 3 is 2.43 bits per heavy atom. The van der Waals surface area contributed by atoms with Crippen LogP contribution in [0.1, 0.15) is 25.3 Å². The maximum atomic E-state index is 12.2. The van der Waals surface area contributed by atoms with Crippen molar-refractivity contribution in [1.29, 1.82) is 0 Å². The molecule has 0 fully saturated rings. The van der Waals surface area contributed by atoms with Gasteiger partial charge in [-0.2, -0.15) is 13.2 Å². The Labute approximate surface area is 132 Å². The van der Waals surface area contributed by atoms with E-state index in [0.29, 0.717) is 12.5 Å². The van der Waals surface area contributed by atoms with Gasteiger partial charge in [0.25, 0.3) is 0 Å². The van der Waals surface area contributed by atoms with E-state index in [9.17, 15) is 13.2 Å². The monoisotopic (exact) mass is 367 g/mol. The van der Waals surface area contributed by atoms with Crippen molar-refractivity contribution in [2.75, 3.05) is 26.3 Å². The van der Waals surface area contributed by atoms with Crippen molar-refractivity contribution in [1.82, 2.24) is 5.32 Å². The molecule has 1 aromatic carbocycles. The van der Waals surface area contributed by atoms with Crippen molar-refractivity contribution >= 4 is 15.9 Å². The molecule has 21 heavy (non-hydrogen) atoms. The first-order valence-electron chi connectivity index (χ1n) is 6.89. The van der Waals surface area contributed by atoms with Gasteiger partial charge in [-0.1, -0.05) is 48.0 Å². The summed E-state index contributed by atoms with van der Waals surface area (Å²) in [5, 5.41) is 3.28. The summed E-state index contributed by atoms with van der Waals surface area (Å²) >= 11 is 3.44. The molecule has 1 aromatic rings. The largest absolute Gasteiger partial charge is 0.411 e. The van der Waals surface area contributed by atoms with Crippen LogP contribution in [0.4, 0.5) is 13.2 Å². The second-order valence-corrected chi connectivity index (χ2v) is 6.26. The molecule has 0 heterocycles. The summed E-state index contributed by atoms with van der Waals surface area (Å²) in [6.07, 6.45) is -4.29. The molecular weight excluding hydrogens is 347 g/mol. The molecule has 0 aliphatic heterocycles. The number of benzene rings is 1. The van der Waals surface area contributed by atoms with Crippen LogP contribution in [0.2, 0.25) is 0 Å². The topological polar surface area (TPSA) is 21.3 Å². The molecule has 0 saturated heterocycles. The summed E-state index contributed by atoms with van der Waals surface area (Å²) in [5.74, 6) is 0.364. The van der Waals surface area contributed by atoms with Gasteiger partial charge in [0.1, 0.15) is 6.61 Å². The zero-order valence-corrected chi connectivity index (χ0v) is 13.8. The summed E-state index contributed by atoms with van der Waals surface area (Å²) in [5.41, 5.74) is 0.955. The van der Waals surface area contributed by atoms with Crippen LogP contribution < -0.4 is 5.32 Å². The number of hydrogen-bond donors (Lipinski definition) is 1. The smallest absolute Gasteiger partial charge is 0.371 e. The van der Waals surface area contributed by atoms with Gasteiger partial charge in [0, 0.05) is 16.9 Å². The zero-order chi connectivity index (χ0) is 15.9. The molecular formula is C15H21BrF3NO.